The van der Waals surface area contributed by atoms with E-state index in [9.17, 15) is 29.1 Å². The number of phenolic OH excluding ortho intramolecular Hbond substituents is 1. The maximum atomic E-state index is 14.8. The third-order valence-electron chi connectivity index (χ3n) is 12.0. The van der Waals surface area contributed by atoms with Gasteiger partial charge in [-0.2, -0.15) is 0 Å². The van der Waals surface area contributed by atoms with Gasteiger partial charge in [0.1, 0.15) is 29.0 Å². The molecule has 4 heterocycles. The molecular formula is C47H56N2O12. The lowest BCUT2D eigenvalue weighted by atomic mass is 9.77. The van der Waals surface area contributed by atoms with Crippen LogP contribution in [0.1, 0.15) is 105 Å². The number of hydrogen-bond donors (Lipinski definition) is 3. The van der Waals surface area contributed by atoms with Crippen LogP contribution in [0, 0.1) is 37.5 Å². The van der Waals surface area contributed by atoms with Gasteiger partial charge in [0, 0.05) is 61.5 Å². The lowest BCUT2D eigenvalue weighted by molar-refractivity contribution is -0.336. The zero-order valence-corrected chi connectivity index (χ0v) is 36.8. The zero-order valence-electron chi connectivity index (χ0n) is 36.8. The highest BCUT2D eigenvalue weighted by Gasteiger charge is 2.53. The molecule has 0 radical (unpaired) electrons. The maximum Gasteiger partial charge on any atom is 0.312 e. The summed E-state index contributed by atoms with van der Waals surface area (Å²) in [5.74, 6) is -8.76. The summed E-state index contributed by atoms with van der Waals surface area (Å²) in [4.78, 5) is 70.3. The molecule has 14 heteroatoms. The third-order valence-corrected chi connectivity index (χ3v) is 12.0. The number of phenols is 1. The van der Waals surface area contributed by atoms with Gasteiger partial charge in [0.25, 0.3) is 11.7 Å². The monoisotopic (exact) mass is 840 g/mol. The number of allylic oxidation sites excluding steroid dienone is 4. The second-order valence-electron chi connectivity index (χ2n) is 17.1. The van der Waals surface area contributed by atoms with E-state index in [4.69, 9.17) is 28.4 Å². The van der Waals surface area contributed by atoms with Gasteiger partial charge < -0.3 is 44.2 Å². The summed E-state index contributed by atoms with van der Waals surface area (Å²) in [6.45, 7) is 19.1. The predicted octanol–water partition coefficient (Wildman–Crippen LogP) is 7.18. The third kappa shape index (κ3) is 8.53. The Bertz CT molecular complexity index is 2290. The molecule has 2 aromatic rings. The van der Waals surface area contributed by atoms with Crippen LogP contribution in [0.3, 0.4) is 0 Å². The van der Waals surface area contributed by atoms with Crippen LogP contribution in [0.4, 0.5) is 5.69 Å². The van der Waals surface area contributed by atoms with Crippen LogP contribution in [0.2, 0.25) is 0 Å². The molecule has 61 heavy (non-hydrogen) atoms. The molecule has 0 spiro atoms. The molecule has 3 N–H and O–H groups in total. The Morgan fingerprint density at radius 1 is 0.885 bits per heavy atom. The fourth-order valence-corrected chi connectivity index (χ4v) is 8.76. The van der Waals surface area contributed by atoms with Gasteiger partial charge in [0.15, 0.2) is 5.79 Å². The van der Waals surface area contributed by atoms with Gasteiger partial charge in [-0.3, -0.25) is 24.0 Å². The maximum absolute atomic E-state index is 14.8. The van der Waals surface area contributed by atoms with Crippen molar-refractivity contribution in [3.8, 4) is 11.5 Å². The minimum atomic E-state index is -2.06. The molecule has 2 aromatic carbocycles. The standard InChI is InChI=1S/C47H56N2O12/c1-22-15-13-18-30(21-22)48-35-36-39(53)33-32(38(35)52)34-43(26(5)37(33)51)61-47(11,44(34)54)57-20-19-31(56-12)25(4)41(58-29(8)50)28(7)42-27(6)40(59-46(9,10)60-42)23(2)16-14-17-24(3)45(55)49-36/h13-21,23,25,27-28,31,40-42,48,51H,1-12H3,(H,49,55)/t23-,25+,27+,28+,31-,40-,41+,42-,47-/m0/s1. The average molecular weight is 841 g/mol. The molecular weight excluding hydrogens is 785 g/mol. The van der Waals surface area contributed by atoms with Gasteiger partial charge in [-0.05, 0) is 58.4 Å². The number of benzene rings is 2. The van der Waals surface area contributed by atoms with Gasteiger partial charge in [0.05, 0.1) is 41.3 Å². The first-order chi connectivity index (χ1) is 28.6. The number of methoxy groups -OCH3 is 1. The van der Waals surface area contributed by atoms with Crippen molar-refractivity contribution in [2.75, 3.05) is 12.4 Å². The number of aromatic hydroxyl groups is 1. The summed E-state index contributed by atoms with van der Waals surface area (Å²) < 4.78 is 37.1. The summed E-state index contributed by atoms with van der Waals surface area (Å²) in [7, 11) is 1.50. The molecule has 7 rings (SSSR count). The van der Waals surface area contributed by atoms with E-state index in [1.165, 1.54) is 34.1 Å². The molecule has 9 atom stereocenters. The van der Waals surface area contributed by atoms with Crippen molar-refractivity contribution in [1.29, 1.82) is 0 Å². The molecule has 5 aliphatic rings. The Labute approximate surface area is 356 Å². The average Bonchev–Trinajstić information content (AvgIpc) is 3.46. The van der Waals surface area contributed by atoms with Crippen LogP contribution in [-0.4, -0.2) is 77.4 Å². The van der Waals surface area contributed by atoms with E-state index >= 15 is 0 Å². The highest BCUT2D eigenvalue weighted by molar-refractivity contribution is 6.33. The molecule has 4 aliphatic heterocycles. The van der Waals surface area contributed by atoms with E-state index < -0.39 is 87.6 Å². The highest BCUT2D eigenvalue weighted by atomic mass is 16.7. The smallest absolute Gasteiger partial charge is 0.312 e. The van der Waals surface area contributed by atoms with Crippen LogP contribution in [-0.2, 0) is 33.3 Å². The Balaban J connectivity index is 1.51. The van der Waals surface area contributed by atoms with E-state index in [2.05, 4.69) is 10.6 Å². The second-order valence-corrected chi connectivity index (χ2v) is 17.1. The number of ketones is 3. The number of esters is 1. The minimum Gasteiger partial charge on any atom is -0.507 e. The Hall–Kier alpha value is -5.57. The Morgan fingerprint density at radius 2 is 1.57 bits per heavy atom. The molecule has 0 saturated carbocycles. The molecule has 1 aliphatic carbocycles. The Morgan fingerprint density at radius 3 is 2.23 bits per heavy atom. The molecule has 0 unspecified atom stereocenters. The largest absolute Gasteiger partial charge is 0.507 e. The first-order valence-corrected chi connectivity index (χ1v) is 20.5. The number of carbonyl (C=O) groups excluding carboxylic acids is 5. The van der Waals surface area contributed by atoms with Gasteiger partial charge >= 0.3 is 11.8 Å². The van der Waals surface area contributed by atoms with Crippen LogP contribution < -0.4 is 15.4 Å². The van der Waals surface area contributed by atoms with Crippen molar-refractivity contribution in [2.24, 2.45) is 23.7 Å². The number of rotatable bonds is 4. The lowest BCUT2D eigenvalue weighted by Crippen LogP contribution is -2.56. The van der Waals surface area contributed by atoms with Gasteiger partial charge in [-0.1, -0.05) is 58.1 Å². The quantitative estimate of drug-likeness (QED) is 0.264. The Kier molecular flexibility index (Phi) is 12.6. The first-order valence-electron chi connectivity index (χ1n) is 20.5. The number of carbonyl (C=O) groups is 5. The SMILES string of the molecule is CO[C@H]1C=CO[C@@]2(C)Oc3c(C)c(O)c4c(c3C2=O)C(=O)C(Nc2cccc(C)c2)=C(NC(=O)C(C)=CC=C[C@H](C)[C@@H]2OC(C)(C)O[C@H]([C@H](C)[C@H](OC(C)=O)[C@@H]1C)[C@@H]2C)C4=O. The number of ether oxygens (including phenoxy) is 6. The van der Waals surface area contributed by atoms with Crippen LogP contribution >= 0.6 is 0 Å². The number of fused-ring (bicyclic) bond motifs is 10. The molecule has 1 fully saturated rings. The fraction of sp³-hybridized carbons (Fsp3) is 0.468. The van der Waals surface area contributed by atoms with Crippen molar-refractivity contribution >= 4 is 34.9 Å². The lowest BCUT2D eigenvalue weighted by Gasteiger charge is -2.50. The van der Waals surface area contributed by atoms with Crippen LogP contribution in [0.25, 0.3) is 0 Å². The summed E-state index contributed by atoms with van der Waals surface area (Å²) in [5.41, 5.74) is -0.358. The van der Waals surface area contributed by atoms with Crippen molar-refractivity contribution in [3.63, 3.8) is 0 Å². The summed E-state index contributed by atoms with van der Waals surface area (Å²) in [6.07, 6.45) is 5.77. The van der Waals surface area contributed by atoms with Gasteiger partial charge in [-0.25, -0.2) is 0 Å². The van der Waals surface area contributed by atoms with E-state index in [1.54, 1.807) is 43.4 Å². The van der Waals surface area contributed by atoms with Gasteiger partial charge in [-0.15, -0.1) is 0 Å². The number of Topliss-reactive ketones (excluding diaryl/α,β-unsaturated/α-hetero) is 3. The fourth-order valence-electron chi connectivity index (χ4n) is 8.76. The van der Waals surface area contributed by atoms with Crippen molar-refractivity contribution < 1.29 is 57.5 Å². The van der Waals surface area contributed by atoms with E-state index in [1.807, 2.05) is 60.6 Å². The summed E-state index contributed by atoms with van der Waals surface area (Å²) in [6, 6.07) is 7.03. The van der Waals surface area contributed by atoms with Crippen molar-refractivity contribution in [1.82, 2.24) is 5.32 Å². The normalized spacial score (nSPS) is 30.3. The van der Waals surface area contributed by atoms with E-state index in [-0.39, 0.29) is 52.0 Å². The number of anilines is 1. The second kappa shape index (κ2) is 17.1. The van der Waals surface area contributed by atoms with Crippen molar-refractivity contribution in [3.05, 3.63) is 99.6 Å². The molecule has 326 valence electrons. The van der Waals surface area contributed by atoms with E-state index in [0.29, 0.717) is 5.69 Å². The molecule has 14 nitrogen and oxygen atoms in total. The summed E-state index contributed by atoms with van der Waals surface area (Å²) >= 11 is 0. The summed E-state index contributed by atoms with van der Waals surface area (Å²) in [5, 5.41) is 17.2. The topological polar surface area (TPSA) is 185 Å². The number of hydrogen-bond acceptors (Lipinski definition) is 13. The van der Waals surface area contributed by atoms with Crippen LogP contribution in [0.5, 0.6) is 11.5 Å². The van der Waals surface area contributed by atoms with E-state index in [0.717, 1.165) is 5.56 Å². The molecule has 7 bridgehead atoms. The molecule has 1 amide bonds. The number of amides is 1. The predicted molar refractivity (Wildman–Crippen MR) is 225 cm³/mol. The van der Waals surface area contributed by atoms with Gasteiger partial charge in [0.2, 0.25) is 11.6 Å². The minimum absolute atomic E-state index is 0.0107. The number of aryl methyl sites for hydroxylation is 1. The van der Waals surface area contributed by atoms with Crippen molar-refractivity contribution in [2.45, 2.75) is 112 Å². The first kappa shape index (κ1) is 45.0. The molecule has 0 aromatic heterocycles. The highest BCUT2D eigenvalue weighted by Crippen LogP contribution is 2.49. The zero-order chi connectivity index (χ0) is 44.9. The number of nitrogens with one attached hydrogen (secondary N) is 2. The molecule has 1 saturated heterocycles. The van der Waals surface area contributed by atoms with Crippen LogP contribution in [0.15, 0.2) is 71.8 Å².